The Hall–Kier alpha value is -1.82. The second kappa shape index (κ2) is 4.81. The van der Waals surface area contributed by atoms with Gasteiger partial charge in [-0.15, -0.1) is 0 Å². The molecular formula is C12H15N3O2S. The van der Waals surface area contributed by atoms with E-state index in [9.17, 15) is 8.42 Å². The summed E-state index contributed by atoms with van der Waals surface area (Å²) < 4.78 is 28.1. The maximum Gasteiger partial charge on any atom is 0.280 e. The molecule has 0 aliphatic carbocycles. The van der Waals surface area contributed by atoms with Gasteiger partial charge in [0.25, 0.3) is 10.0 Å². The van der Waals surface area contributed by atoms with E-state index >= 15 is 0 Å². The van der Waals surface area contributed by atoms with E-state index in [1.165, 1.54) is 12.5 Å². The number of hydrogen-bond donors (Lipinski definition) is 1. The average Bonchev–Trinajstić information content (AvgIpc) is 2.77. The number of nitrogens with one attached hydrogen (secondary N) is 1. The lowest BCUT2D eigenvalue weighted by Crippen LogP contribution is -2.13. The van der Waals surface area contributed by atoms with Crippen LogP contribution in [-0.2, 0) is 23.5 Å². The maximum absolute atomic E-state index is 12.0. The van der Waals surface area contributed by atoms with Crippen molar-refractivity contribution in [2.24, 2.45) is 7.05 Å². The number of hydrogen-bond acceptors (Lipinski definition) is 3. The van der Waals surface area contributed by atoms with Gasteiger partial charge in [-0.2, -0.15) is 8.42 Å². The predicted octanol–water partition coefficient (Wildman–Crippen LogP) is 1.78. The molecule has 2 rings (SSSR count). The number of aryl methyl sites for hydroxylation is 2. The van der Waals surface area contributed by atoms with Crippen molar-refractivity contribution in [3.05, 3.63) is 42.4 Å². The summed E-state index contributed by atoms with van der Waals surface area (Å²) in [6.45, 7) is 2.05. The number of benzene rings is 1. The molecular weight excluding hydrogens is 250 g/mol. The van der Waals surface area contributed by atoms with Gasteiger partial charge in [-0.05, 0) is 24.1 Å². The summed E-state index contributed by atoms with van der Waals surface area (Å²) in [5.41, 5.74) is 1.70. The topological polar surface area (TPSA) is 64.0 Å². The largest absolute Gasteiger partial charge is 0.339 e. The van der Waals surface area contributed by atoms with Gasteiger partial charge in [0, 0.05) is 18.9 Å². The summed E-state index contributed by atoms with van der Waals surface area (Å²) in [5.74, 6) is 0. The molecule has 0 aliphatic heterocycles. The summed E-state index contributed by atoms with van der Waals surface area (Å²) in [6.07, 6.45) is 3.84. The van der Waals surface area contributed by atoms with Gasteiger partial charge in [0.05, 0.1) is 6.33 Å². The van der Waals surface area contributed by atoms with Crippen molar-refractivity contribution >= 4 is 15.7 Å². The van der Waals surface area contributed by atoms with Crippen molar-refractivity contribution in [2.45, 2.75) is 18.4 Å². The quantitative estimate of drug-likeness (QED) is 0.916. The van der Waals surface area contributed by atoms with Gasteiger partial charge in [0.15, 0.2) is 5.03 Å². The lowest BCUT2D eigenvalue weighted by molar-refractivity contribution is 0.598. The summed E-state index contributed by atoms with van der Waals surface area (Å²) in [4.78, 5) is 3.83. The highest BCUT2D eigenvalue weighted by molar-refractivity contribution is 7.92. The second-order valence-corrected chi connectivity index (χ2v) is 5.66. The van der Waals surface area contributed by atoms with E-state index in [0.717, 1.165) is 12.0 Å². The highest BCUT2D eigenvalue weighted by atomic mass is 32.2. The van der Waals surface area contributed by atoms with Crippen molar-refractivity contribution < 1.29 is 8.42 Å². The van der Waals surface area contributed by atoms with Crippen molar-refractivity contribution in [1.29, 1.82) is 0 Å². The van der Waals surface area contributed by atoms with Crippen LogP contribution in [0.4, 0.5) is 5.69 Å². The molecule has 0 saturated carbocycles. The van der Waals surface area contributed by atoms with Crippen LogP contribution in [0.5, 0.6) is 0 Å². The third-order valence-corrected chi connectivity index (χ3v) is 3.84. The molecule has 0 bridgehead atoms. The van der Waals surface area contributed by atoms with Crippen LogP contribution in [0.25, 0.3) is 0 Å². The minimum absolute atomic E-state index is 0.0181. The third-order valence-electron chi connectivity index (χ3n) is 2.57. The lowest BCUT2D eigenvalue weighted by Gasteiger charge is -2.06. The smallest absolute Gasteiger partial charge is 0.280 e. The number of sulfonamides is 1. The average molecular weight is 265 g/mol. The normalized spacial score (nSPS) is 11.4. The standard InChI is InChI=1S/C12H15N3O2S/c1-3-10-4-6-11(7-5-10)14-18(16,17)12-8-15(2)9-13-12/h4-9,14H,3H2,1-2H3. The molecule has 0 aliphatic rings. The molecule has 96 valence electrons. The summed E-state index contributed by atoms with van der Waals surface area (Å²) in [7, 11) is -1.87. The molecule has 18 heavy (non-hydrogen) atoms. The first-order chi connectivity index (χ1) is 8.51. The van der Waals surface area contributed by atoms with Gasteiger partial charge in [-0.1, -0.05) is 19.1 Å². The molecule has 5 nitrogen and oxygen atoms in total. The molecule has 0 unspecified atom stereocenters. The molecule has 0 fully saturated rings. The molecule has 0 spiro atoms. The predicted molar refractivity (Wildman–Crippen MR) is 69.8 cm³/mol. The van der Waals surface area contributed by atoms with Crippen LogP contribution in [0.15, 0.2) is 41.8 Å². The fourth-order valence-corrected chi connectivity index (χ4v) is 2.59. The summed E-state index contributed by atoms with van der Waals surface area (Å²) in [5, 5.41) is 0.0181. The molecule has 1 heterocycles. The highest BCUT2D eigenvalue weighted by Gasteiger charge is 2.16. The molecule has 1 aromatic carbocycles. The Kier molecular flexibility index (Phi) is 3.38. The van der Waals surface area contributed by atoms with E-state index in [1.807, 2.05) is 19.1 Å². The molecule has 0 radical (unpaired) electrons. The van der Waals surface area contributed by atoms with Gasteiger partial charge in [-0.25, -0.2) is 4.98 Å². The Bertz CT molecular complexity index is 630. The summed E-state index contributed by atoms with van der Waals surface area (Å²) >= 11 is 0. The van der Waals surface area contributed by atoms with E-state index < -0.39 is 10.0 Å². The first-order valence-electron chi connectivity index (χ1n) is 5.61. The zero-order valence-electron chi connectivity index (χ0n) is 10.3. The fourth-order valence-electron chi connectivity index (χ4n) is 1.54. The van der Waals surface area contributed by atoms with Crippen LogP contribution >= 0.6 is 0 Å². The van der Waals surface area contributed by atoms with Crippen LogP contribution in [0.2, 0.25) is 0 Å². The number of aromatic nitrogens is 2. The molecule has 1 aromatic heterocycles. The molecule has 2 aromatic rings. The van der Waals surface area contributed by atoms with Gasteiger partial charge in [-0.3, -0.25) is 4.72 Å². The molecule has 0 amide bonds. The Morgan fingerprint density at radius 3 is 2.44 bits per heavy atom. The Morgan fingerprint density at radius 1 is 1.28 bits per heavy atom. The number of nitrogens with zero attached hydrogens (tertiary/aromatic N) is 2. The van der Waals surface area contributed by atoms with Gasteiger partial charge >= 0.3 is 0 Å². The number of rotatable bonds is 4. The minimum atomic E-state index is -3.59. The molecule has 0 saturated heterocycles. The van der Waals surface area contributed by atoms with Crippen LogP contribution in [0.1, 0.15) is 12.5 Å². The van der Waals surface area contributed by atoms with Crippen LogP contribution in [0, 0.1) is 0 Å². The maximum atomic E-state index is 12.0. The van der Waals surface area contributed by atoms with E-state index in [0.29, 0.717) is 5.69 Å². The monoisotopic (exact) mass is 265 g/mol. The van der Waals surface area contributed by atoms with Crippen molar-refractivity contribution in [3.63, 3.8) is 0 Å². The molecule has 6 heteroatoms. The van der Waals surface area contributed by atoms with Crippen LogP contribution in [-0.4, -0.2) is 18.0 Å². The van der Waals surface area contributed by atoms with Gasteiger partial charge in [0.1, 0.15) is 0 Å². The molecule has 0 atom stereocenters. The fraction of sp³-hybridized carbons (Fsp3) is 0.250. The van der Waals surface area contributed by atoms with Crippen molar-refractivity contribution in [3.8, 4) is 0 Å². The number of anilines is 1. The Morgan fingerprint density at radius 2 is 1.94 bits per heavy atom. The zero-order chi connectivity index (χ0) is 13.2. The van der Waals surface area contributed by atoms with Gasteiger partial charge < -0.3 is 4.57 Å². The van der Waals surface area contributed by atoms with Gasteiger partial charge in [0.2, 0.25) is 0 Å². The van der Waals surface area contributed by atoms with E-state index in [4.69, 9.17) is 0 Å². The van der Waals surface area contributed by atoms with E-state index in [1.54, 1.807) is 23.7 Å². The van der Waals surface area contributed by atoms with Crippen LogP contribution < -0.4 is 4.72 Å². The second-order valence-electron chi connectivity index (χ2n) is 4.03. The van der Waals surface area contributed by atoms with E-state index in [-0.39, 0.29) is 5.03 Å². The Labute approximate surface area is 107 Å². The van der Waals surface area contributed by atoms with E-state index in [2.05, 4.69) is 9.71 Å². The first kappa shape index (κ1) is 12.6. The van der Waals surface area contributed by atoms with Crippen molar-refractivity contribution in [1.82, 2.24) is 9.55 Å². The summed E-state index contributed by atoms with van der Waals surface area (Å²) in [6, 6.07) is 7.30. The lowest BCUT2D eigenvalue weighted by atomic mass is 10.2. The van der Waals surface area contributed by atoms with Crippen LogP contribution in [0.3, 0.4) is 0 Å². The zero-order valence-corrected chi connectivity index (χ0v) is 11.1. The minimum Gasteiger partial charge on any atom is -0.339 e. The number of imidazole rings is 1. The molecule has 1 N–H and O–H groups in total. The highest BCUT2D eigenvalue weighted by Crippen LogP contribution is 2.15. The van der Waals surface area contributed by atoms with Crippen molar-refractivity contribution in [2.75, 3.05) is 4.72 Å². The SMILES string of the molecule is CCc1ccc(NS(=O)(=O)c2cn(C)cn2)cc1. The third kappa shape index (κ3) is 2.70. The first-order valence-corrected chi connectivity index (χ1v) is 7.09. The Balaban J connectivity index is 2.22.